The maximum atomic E-state index is 13.1. The van der Waals surface area contributed by atoms with Crippen LogP contribution < -0.4 is 4.74 Å². The van der Waals surface area contributed by atoms with Crippen molar-refractivity contribution in [3.8, 4) is 17.0 Å². The summed E-state index contributed by atoms with van der Waals surface area (Å²) in [4.78, 5) is 18.7. The van der Waals surface area contributed by atoms with Gasteiger partial charge in [-0.3, -0.25) is 9.78 Å². The van der Waals surface area contributed by atoms with Gasteiger partial charge in [0.1, 0.15) is 23.1 Å². The van der Waals surface area contributed by atoms with Crippen LogP contribution in [-0.2, 0) is 6.54 Å². The summed E-state index contributed by atoms with van der Waals surface area (Å²) >= 11 is 0. The van der Waals surface area contributed by atoms with E-state index in [0.717, 1.165) is 5.56 Å². The Labute approximate surface area is 157 Å². The van der Waals surface area contributed by atoms with E-state index in [0.29, 0.717) is 23.6 Å². The predicted molar refractivity (Wildman–Crippen MR) is 99.2 cm³/mol. The normalized spacial score (nSPS) is 11.9. The average molecular weight is 367 g/mol. The first-order valence-electron chi connectivity index (χ1n) is 8.47. The van der Waals surface area contributed by atoms with Crippen LogP contribution in [0.15, 0.2) is 53.3 Å². The number of pyridine rings is 1. The largest absolute Gasteiger partial charge is 0.497 e. The van der Waals surface area contributed by atoms with Crippen molar-refractivity contribution in [1.82, 2.24) is 15.0 Å². The lowest BCUT2D eigenvalue weighted by Crippen LogP contribution is -2.27. The zero-order valence-electron chi connectivity index (χ0n) is 15.4. The minimum absolute atomic E-state index is 0.142. The first-order valence-corrected chi connectivity index (χ1v) is 8.47. The molecule has 0 saturated carbocycles. The number of carbonyl (C=O) groups is 1. The van der Waals surface area contributed by atoms with Gasteiger partial charge < -0.3 is 19.3 Å². The summed E-state index contributed by atoms with van der Waals surface area (Å²) in [5, 5.41) is 14.1. The molecular weight excluding hydrogens is 346 g/mol. The van der Waals surface area contributed by atoms with Crippen LogP contribution >= 0.6 is 0 Å². The number of carbonyl (C=O) groups excluding carboxylic acids is 1. The lowest BCUT2D eigenvalue weighted by molar-refractivity contribution is 0.0773. The summed E-state index contributed by atoms with van der Waals surface area (Å²) in [6.07, 6.45) is 2.42. The number of nitrogens with zero attached hydrogens (tertiary/aromatic N) is 3. The first kappa shape index (κ1) is 18.6. The van der Waals surface area contributed by atoms with Crippen molar-refractivity contribution in [3.63, 3.8) is 0 Å². The minimum atomic E-state index is -0.963. The molecule has 0 bridgehead atoms. The molecule has 7 nitrogen and oxygen atoms in total. The Hall–Kier alpha value is -3.19. The molecule has 0 aliphatic rings. The molecule has 1 atom stereocenters. The van der Waals surface area contributed by atoms with Crippen LogP contribution in [0.2, 0.25) is 0 Å². The summed E-state index contributed by atoms with van der Waals surface area (Å²) in [6.45, 7) is 1.91. The van der Waals surface area contributed by atoms with E-state index in [1.165, 1.54) is 6.92 Å². The quantitative estimate of drug-likeness (QED) is 0.720. The van der Waals surface area contributed by atoms with Gasteiger partial charge >= 0.3 is 0 Å². The zero-order valence-corrected chi connectivity index (χ0v) is 15.4. The highest BCUT2D eigenvalue weighted by Crippen LogP contribution is 2.31. The van der Waals surface area contributed by atoms with E-state index < -0.39 is 6.10 Å². The van der Waals surface area contributed by atoms with E-state index in [-0.39, 0.29) is 17.2 Å². The van der Waals surface area contributed by atoms with Gasteiger partial charge in [0.25, 0.3) is 5.91 Å². The Balaban J connectivity index is 1.96. The van der Waals surface area contributed by atoms with Crippen molar-refractivity contribution in [2.24, 2.45) is 0 Å². The number of benzene rings is 1. The number of ether oxygens (including phenoxy) is 1. The topological polar surface area (TPSA) is 88.7 Å². The molecule has 0 fully saturated rings. The smallest absolute Gasteiger partial charge is 0.259 e. The van der Waals surface area contributed by atoms with Crippen LogP contribution in [0.1, 0.15) is 34.7 Å². The zero-order chi connectivity index (χ0) is 19.4. The van der Waals surface area contributed by atoms with E-state index >= 15 is 0 Å². The molecule has 0 aliphatic carbocycles. The summed E-state index contributed by atoms with van der Waals surface area (Å²) in [5.41, 5.74) is 2.23. The van der Waals surface area contributed by atoms with Gasteiger partial charge in [-0.05, 0) is 42.8 Å². The van der Waals surface area contributed by atoms with Crippen LogP contribution in [0.3, 0.4) is 0 Å². The predicted octanol–water partition coefficient (Wildman–Crippen LogP) is 3.07. The Kier molecular flexibility index (Phi) is 5.52. The molecule has 1 unspecified atom stereocenters. The third-order valence-electron chi connectivity index (χ3n) is 4.16. The Morgan fingerprint density at radius 3 is 2.63 bits per heavy atom. The van der Waals surface area contributed by atoms with Crippen LogP contribution in [0.4, 0.5) is 0 Å². The fourth-order valence-electron chi connectivity index (χ4n) is 2.77. The summed E-state index contributed by atoms with van der Waals surface area (Å²) in [6, 6.07) is 10.8. The number of aliphatic hydroxyl groups excluding tert-OH is 1. The van der Waals surface area contributed by atoms with Gasteiger partial charge in [-0.2, -0.15) is 0 Å². The highest BCUT2D eigenvalue weighted by Gasteiger charge is 2.28. The SMILES string of the molecule is COc1ccc(-c2noc(C(C)O)c2C(=O)N(C)Cc2cccnc2)cc1. The van der Waals surface area contributed by atoms with E-state index in [1.807, 2.05) is 12.1 Å². The van der Waals surface area contributed by atoms with Crippen LogP contribution in [0.5, 0.6) is 5.75 Å². The van der Waals surface area contributed by atoms with Crippen molar-refractivity contribution >= 4 is 5.91 Å². The fraction of sp³-hybridized carbons (Fsp3) is 0.250. The number of hydrogen-bond acceptors (Lipinski definition) is 6. The molecule has 1 amide bonds. The second kappa shape index (κ2) is 8.01. The maximum Gasteiger partial charge on any atom is 0.259 e. The molecule has 1 aromatic carbocycles. The van der Waals surface area contributed by atoms with E-state index in [2.05, 4.69) is 10.1 Å². The Morgan fingerprint density at radius 1 is 1.30 bits per heavy atom. The number of aromatic nitrogens is 2. The third-order valence-corrected chi connectivity index (χ3v) is 4.16. The molecule has 0 aliphatic heterocycles. The number of methoxy groups -OCH3 is 1. The van der Waals surface area contributed by atoms with Crippen molar-refractivity contribution in [2.45, 2.75) is 19.6 Å². The minimum Gasteiger partial charge on any atom is -0.497 e. The highest BCUT2D eigenvalue weighted by molar-refractivity contribution is 6.00. The molecule has 2 aromatic heterocycles. The molecular formula is C20H21N3O4. The molecule has 3 aromatic rings. The summed E-state index contributed by atoms with van der Waals surface area (Å²) < 4.78 is 10.5. The maximum absolute atomic E-state index is 13.1. The molecule has 0 saturated heterocycles. The fourth-order valence-corrected chi connectivity index (χ4v) is 2.77. The standard InChI is InChI=1S/C20H21N3O4/c1-13(24)19-17(20(25)23(2)12-14-5-4-10-21-11-14)18(22-27-19)15-6-8-16(26-3)9-7-15/h4-11,13,24H,12H2,1-3H3. The molecule has 27 heavy (non-hydrogen) atoms. The molecule has 3 rings (SSSR count). The van der Waals surface area contributed by atoms with Crippen LogP contribution in [-0.4, -0.2) is 40.2 Å². The number of aliphatic hydroxyl groups is 1. The first-order chi connectivity index (χ1) is 13.0. The van der Waals surface area contributed by atoms with E-state index in [1.54, 1.807) is 55.7 Å². The van der Waals surface area contributed by atoms with Gasteiger partial charge in [0.05, 0.1) is 7.11 Å². The van der Waals surface area contributed by atoms with Gasteiger partial charge in [-0.1, -0.05) is 11.2 Å². The van der Waals surface area contributed by atoms with Gasteiger partial charge in [-0.25, -0.2) is 0 Å². The summed E-state index contributed by atoms with van der Waals surface area (Å²) in [7, 11) is 3.27. The summed E-state index contributed by atoms with van der Waals surface area (Å²) in [5.74, 6) is 0.547. The average Bonchev–Trinajstić information content (AvgIpc) is 3.13. The molecule has 140 valence electrons. The van der Waals surface area contributed by atoms with Gasteiger partial charge in [0, 0.05) is 31.5 Å². The highest BCUT2D eigenvalue weighted by atomic mass is 16.5. The van der Waals surface area contributed by atoms with E-state index in [4.69, 9.17) is 9.26 Å². The number of rotatable bonds is 6. The van der Waals surface area contributed by atoms with Crippen molar-refractivity contribution < 1.29 is 19.2 Å². The molecule has 7 heteroatoms. The number of hydrogen-bond donors (Lipinski definition) is 1. The molecule has 0 spiro atoms. The van der Waals surface area contributed by atoms with Gasteiger partial charge in [0.15, 0.2) is 5.76 Å². The van der Waals surface area contributed by atoms with E-state index in [9.17, 15) is 9.90 Å². The van der Waals surface area contributed by atoms with Gasteiger partial charge in [-0.15, -0.1) is 0 Å². The van der Waals surface area contributed by atoms with Crippen LogP contribution in [0, 0.1) is 0 Å². The van der Waals surface area contributed by atoms with Crippen molar-refractivity contribution in [3.05, 3.63) is 65.7 Å². The van der Waals surface area contributed by atoms with Crippen LogP contribution in [0.25, 0.3) is 11.3 Å². The second-order valence-electron chi connectivity index (χ2n) is 6.20. The van der Waals surface area contributed by atoms with Gasteiger partial charge in [0.2, 0.25) is 0 Å². The molecule has 2 heterocycles. The lowest BCUT2D eigenvalue weighted by Gasteiger charge is -2.18. The Bertz CT molecular complexity index is 905. The van der Waals surface area contributed by atoms with Crippen molar-refractivity contribution in [2.75, 3.05) is 14.2 Å². The lowest BCUT2D eigenvalue weighted by atomic mass is 10.0. The monoisotopic (exact) mass is 367 g/mol. The molecule has 1 N–H and O–H groups in total. The van der Waals surface area contributed by atoms with Crippen molar-refractivity contribution in [1.29, 1.82) is 0 Å². The second-order valence-corrected chi connectivity index (χ2v) is 6.20. The third kappa shape index (κ3) is 3.98. The number of amides is 1. The Morgan fingerprint density at radius 2 is 2.04 bits per heavy atom. The molecule has 0 radical (unpaired) electrons.